The first-order chi connectivity index (χ1) is 12.5. The average molecular weight is 357 g/mol. The van der Waals surface area contributed by atoms with Gasteiger partial charge in [-0.2, -0.15) is 5.10 Å². The molecule has 0 aliphatic carbocycles. The van der Waals surface area contributed by atoms with Crippen LogP contribution in [0.2, 0.25) is 0 Å². The maximum Gasteiger partial charge on any atom is 0.273 e. The highest BCUT2D eigenvalue weighted by Crippen LogP contribution is 2.27. The quantitative estimate of drug-likeness (QED) is 0.444. The van der Waals surface area contributed by atoms with Gasteiger partial charge in [-0.1, -0.05) is 18.2 Å². The van der Waals surface area contributed by atoms with Crippen molar-refractivity contribution in [2.75, 3.05) is 13.7 Å². The van der Waals surface area contributed by atoms with Crippen LogP contribution in [0.15, 0.2) is 47.6 Å². The number of rotatable bonds is 8. The Balaban J connectivity index is 2.00. The minimum atomic E-state index is -0.516. The Bertz CT molecular complexity index is 820. The smallest absolute Gasteiger partial charge is 0.273 e. The molecule has 0 aliphatic rings. The third kappa shape index (κ3) is 5.04. The number of amides is 1. The lowest BCUT2D eigenvalue weighted by Gasteiger charge is -2.09. The van der Waals surface area contributed by atoms with Crippen LogP contribution in [0.3, 0.4) is 0 Å². The van der Waals surface area contributed by atoms with E-state index in [0.717, 1.165) is 0 Å². The van der Waals surface area contributed by atoms with Crippen LogP contribution < -0.4 is 14.9 Å². The molecule has 136 valence electrons. The van der Waals surface area contributed by atoms with Crippen LogP contribution in [0, 0.1) is 10.1 Å². The Morgan fingerprint density at radius 2 is 2.04 bits per heavy atom. The maximum atomic E-state index is 11.9. The lowest BCUT2D eigenvalue weighted by Crippen LogP contribution is -2.20. The number of benzene rings is 2. The second-order valence-electron chi connectivity index (χ2n) is 5.20. The van der Waals surface area contributed by atoms with E-state index in [9.17, 15) is 14.9 Å². The second kappa shape index (κ2) is 9.16. The van der Waals surface area contributed by atoms with Gasteiger partial charge in [0.1, 0.15) is 0 Å². The predicted molar refractivity (Wildman–Crippen MR) is 96.7 cm³/mol. The van der Waals surface area contributed by atoms with E-state index < -0.39 is 10.8 Å². The van der Waals surface area contributed by atoms with Gasteiger partial charge in [0.2, 0.25) is 5.91 Å². The summed E-state index contributed by atoms with van der Waals surface area (Å²) < 4.78 is 10.7. The van der Waals surface area contributed by atoms with Crippen molar-refractivity contribution in [2.24, 2.45) is 5.10 Å². The summed E-state index contributed by atoms with van der Waals surface area (Å²) in [6, 6.07) is 11.3. The summed E-state index contributed by atoms with van der Waals surface area (Å²) in [5.41, 5.74) is 3.30. The number of hydrogen-bond donors (Lipinski definition) is 1. The van der Waals surface area contributed by atoms with E-state index in [-0.39, 0.29) is 12.1 Å². The van der Waals surface area contributed by atoms with Gasteiger partial charge in [-0.3, -0.25) is 14.9 Å². The fourth-order valence-electron chi connectivity index (χ4n) is 2.27. The number of nitro benzene ring substituents is 1. The van der Waals surface area contributed by atoms with Gasteiger partial charge >= 0.3 is 0 Å². The number of carbonyl (C=O) groups is 1. The van der Waals surface area contributed by atoms with Gasteiger partial charge in [-0.25, -0.2) is 5.43 Å². The van der Waals surface area contributed by atoms with Crippen molar-refractivity contribution in [1.29, 1.82) is 0 Å². The molecule has 0 saturated carbocycles. The molecular weight excluding hydrogens is 338 g/mol. The van der Waals surface area contributed by atoms with Crippen LogP contribution in [0.25, 0.3) is 0 Å². The van der Waals surface area contributed by atoms with Crippen molar-refractivity contribution in [2.45, 2.75) is 13.3 Å². The van der Waals surface area contributed by atoms with E-state index in [1.807, 2.05) is 6.92 Å². The van der Waals surface area contributed by atoms with Crippen LogP contribution in [0.4, 0.5) is 5.69 Å². The Labute approximate surface area is 150 Å². The van der Waals surface area contributed by atoms with Crippen LogP contribution in [-0.2, 0) is 11.2 Å². The Kier molecular flexibility index (Phi) is 6.67. The second-order valence-corrected chi connectivity index (χ2v) is 5.20. The number of nitrogens with one attached hydrogen (secondary N) is 1. The van der Waals surface area contributed by atoms with Gasteiger partial charge in [0.25, 0.3) is 5.69 Å². The van der Waals surface area contributed by atoms with Gasteiger partial charge in [0.15, 0.2) is 11.5 Å². The van der Waals surface area contributed by atoms with Crippen molar-refractivity contribution in [1.82, 2.24) is 5.43 Å². The summed E-state index contributed by atoms with van der Waals surface area (Å²) in [7, 11) is 1.54. The maximum absolute atomic E-state index is 11.9. The third-order valence-electron chi connectivity index (χ3n) is 3.43. The molecule has 0 spiro atoms. The topological polar surface area (TPSA) is 103 Å². The van der Waals surface area contributed by atoms with E-state index >= 15 is 0 Å². The number of nitrogens with zero attached hydrogens (tertiary/aromatic N) is 2. The molecule has 0 aliphatic heterocycles. The number of para-hydroxylation sites is 1. The van der Waals surface area contributed by atoms with E-state index in [1.54, 1.807) is 36.4 Å². The SMILES string of the molecule is CCOc1ccc(C=NNC(=O)Cc2ccccc2[N+](=O)[O-])cc1OC. The number of nitro groups is 1. The summed E-state index contributed by atoms with van der Waals surface area (Å²) in [6.45, 7) is 2.40. The highest BCUT2D eigenvalue weighted by molar-refractivity contribution is 5.84. The monoisotopic (exact) mass is 357 g/mol. The van der Waals surface area contributed by atoms with Gasteiger partial charge in [-0.15, -0.1) is 0 Å². The molecular formula is C18H19N3O5. The number of carbonyl (C=O) groups excluding carboxylic acids is 1. The number of methoxy groups -OCH3 is 1. The molecule has 0 radical (unpaired) electrons. The molecule has 2 aromatic rings. The van der Waals surface area contributed by atoms with E-state index in [0.29, 0.717) is 29.2 Å². The van der Waals surface area contributed by atoms with Crippen molar-refractivity contribution in [3.8, 4) is 11.5 Å². The lowest BCUT2D eigenvalue weighted by atomic mass is 10.1. The van der Waals surface area contributed by atoms with Crippen molar-refractivity contribution in [3.05, 3.63) is 63.7 Å². The first-order valence-corrected chi connectivity index (χ1v) is 7.90. The molecule has 0 atom stereocenters. The van der Waals surface area contributed by atoms with Crippen LogP contribution in [-0.4, -0.2) is 30.8 Å². The van der Waals surface area contributed by atoms with Gasteiger partial charge < -0.3 is 9.47 Å². The zero-order valence-corrected chi connectivity index (χ0v) is 14.5. The zero-order chi connectivity index (χ0) is 18.9. The fourth-order valence-corrected chi connectivity index (χ4v) is 2.27. The van der Waals surface area contributed by atoms with Crippen LogP contribution in [0.1, 0.15) is 18.1 Å². The Morgan fingerprint density at radius 3 is 2.73 bits per heavy atom. The lowest BCUT2D eigenvalue weighted by molar-refractivity contribution is -0.385. The summed E-state index contributed by atoms with van der Waals surface area (Å²) >= 11 is 0. The van der Waals surface area contributed by atoms with Crippen LogP contribution >= 0.6 is 0 Å². The molecule has 0 unspecified atom stereocenters. The van der Waals surface area contributed by atoms with Gasteiger partial charge in [0.05, 0.1) is 31.3 Å². The summed E-state index contributed by atoms with van der Waals surface area (Å²) in [5.74, 6) is 0.725. The predicted octanol–water partition coefficient (Wildman–Crippen LogP) is 2.69. The molecule has 0 fully saturated rings. The van der Waals surface area contributed by atoms with Crippen LogP contribution in [0.5, 0.6) is 11.5 Å². The van der Waals surface area contributed by atoms with Gasteiger partial charge in [-0.05, 0) is 30.7 Å². The first-order valence-electron chi connectivity index (χ1n) is 7.90. The summed E-state index contributed by atoms with van der Waals surface area (Å²) in [4.78, 5) is 22.4. The molecule has 1 amide bonds. The molecule has 8 heteroatoms. The molecule has 26 heavy (non-hydrogen) atoms. The molecule has 8 nitrogen and oxygen atoms in total. The van der Waals surface area contributed by atoms with Crippen molar-refractivity contribution < 1.29 is 19.2 Å². The van der Waals surface area contributed by atoms with Crippen molar-refractivity contribution in [3.63, 3.8) is 0 Å². The normalized spacial score (nSPS) is 10.5. The number of hydrazone groups is 1. The summed E-state index contributed by atoms with van der Waals surface area (Å²) in [6.07, 6.45) is 1.32. The molecule has 2 aromatic carbocycles. The Hall–Kier alpha value is -3.42. The third-order valence-corrected chi connectivity index (χ3v) is 3.43. The first kappa shape index (κ1) is 18.9. The highest BCUT2D eigenvalue weighted by atomic mass is 16.6. The minimum absolute atomic E-state index is 0.0946. The molecule has 0 saturated heterocycles. The number of ether oxygens (including phenoxy) is 2. The summed E-state index contributed by atoms with van der Waals surface area (Å²) in [5, 5.41) is 14.8. The zero-order valence-electron chi connectivity index (χ0n) is 14.5. The molecule has 2 rings (SSSR count). The largest absolute Gasteiger partial charge is 0.493 e. The van der Waals surface area contributed by atoms with Gasteiger partial charge in [0, 0.05) is 11.6 Å². The molecule has 0 heterocycles. The Morgan fingerprint density at radius 1 is 1.27 bits per heavy atom. The standard InChI is InChI=1S/C18H19N3O5/c1-3-26-16-9-8-13(10-17(16)25-2)12-19-20-18(22)11-14-6-4-5-7-15(14)21(23)24/h4-10,12H,3,11H2,1-2H3,(H,20,22). The molecule has 1 N–H and O–H groups in total. The van der Waals surface area contributed by atoms with E-state index in [1.165, 1.54) is 19.4 Å². The van der Waals surface area contributed by atoms with E-state index in [4.69, 9.17) is 9.47 Å². The average Bonchev–Trinajstić information content (AvgIpc) is 2.63. The fraction of sp³-hybridized carbons (Fsp3) is 0.222. The number of hydrogen-bond acceptors (Lipinski definition) is 6. The minimum Gasteiger partial charge on any atom is -0.493 e. The highest BCUT2D eigenvalue weighted by Gasteiger charge is 2.15. The van der Waals surface area contributed by atoms with Crippen molar-refractivity contribution >= 4 is 17.8 Å². The molecule has 0 bridgehead atoms. The molecule has 0 aromatic heterocycles. The van der Waals surface area contributed by atoms with E-state index in [2.05, 4.69) is 10.5 Å².